The van der Waals surface area contributed by atoms with Crippen molar-refractivity contribution in [2.75, 3.05) is 13.2 Å². The molecule has 0 spiro atoms. The van der Waals surface area contributed by atoms with Crippen LogP contribution in [0.15, 0.2) is 58.2 Å². The second kappa shape index (κ2) is 13.8. The van der Waals surface area contributed by atoms with Gasteiger partial charge >= 0.3 is 0 Å². The van der Waals surface area contributed by atoms with E-state index in [1.807, 2.05) is 0 Å². The van der Waals surface area contributed by atoms with E-state index in [4.69, 9.17) is 18.6 Å². The van der Waals surface area contributed by atoms with E-state index in [2.05, 4.69) is 54.3 Å². The first-order valence-electron chi connectivity index (χ1n) is 11.7. The van der Waals surface area contributed by atoms with Crippen molar-refractivity contribution in [3.63, 3.8) is 0 Å². The fourth-order valence-corrected chi connectivity index (χ4v) is 3.47. The van der Waals surface area contributed by atoms with Gasteiger partial charge in [-0.3, -0.25) is 4.79 Å². The molecule has 1 unspecified atom stereocenters. The fraction of sp³-hybridized carbons (Fsp3) is 0.500. The van der Waals surface area contributed by atoms with Crippen LogP contribution in [0.1, 0.15) is 63.2 Å². The van der Waals surface area contributed by atoms with Gasteiger partial charge in [0.05, 0.1) is 6.61 Å². The average molecular weight is 442 g/mol. The van der Waals surface area contributed by atoms with Crippen LogP contribution in [-0.2, 0) is 22.6 Å². The van der Waals surface area contributed by atoms with E-state index in [1.165, 1.54) is 17.9 Å². The predicted molar refractivity (Wildman–Crippen MR) is 126 cm³/mol. The molecule has 1 aliphatic rings. The molecule has 32 heavy (non-hydrogen) atoms. The molecule has 3 rings (SSSR count). The van der Waals surface area contributed by atoms with E-state index in [0.717, 1.165) is 58.1 Å². The minimum atomic E-state index is -0.206. The molecular weight excluding hydrogens is 406 g/mol. The van der Waals surface area contributed by atoms with Gasteiger partial charge in [-0.1, -0.05) is 31.2 Å². The van der Waals surface area contributed by atoms with E-state index in [1.54, 1.807) is 0 Å². The van der Waals surface area contributed by atoms with Crippen LogP contribution in [0, 0.1) is 0 Å². The summed E-state index contributed by atoms with van der Waals surface area (Å²) in [6.07, 6.45) is 20.9. The maximum Gasteiger partial charge on any atom is 0.227 e. The van der Waals surface area contributed by atoms with Crippen LogP contribution < -0.4 is 10.2 Å². The molecule has 1 atom stereocenters. The number of aryl methyl sites for hydroxylation is 1. The third-order valence-electron chi connectivity index (χ3n) is 5.26. The third-order valence-corrected chi connectivity index (χ3v) is 5.26. The zero-order valence-corrected chi connectivity index (χ0v) is 19.0. The Morgan fingerprint density at radius 1 is 1.22 bits per heavy atom. The smallest absolute Gasteiger partial charge is 0.227 e. The highest BCUT2D eigenvalue weighted by Gasteiger charge is 2.15. The van der Waals surface area contributed by atoms with Crippen molar-refractivity contribution in [2.24, 2.45) is 0 Å². The third kappa shape index (κ3) is 8.52. The molecule has 1 aliphatic heterocycles. The number of hydrogen-bond donors (Lipinski definition) is 0. The largest absolute Gasteiger partial charge is 0.487 e. The second-order valence-electron chi connectivity index (χ2n) is 7.97. The molecule has 2 aromatic heterocycles. The van der Waals surface area contributed by atoms with Gasteiger partial charge in [0.2, 0.25) is 11.2 Å². The summed E-state index contributed by atoms with van der Waals surface area (Å²) in [7, 11) is 0. The zero-order chi connectivity index (χ0) is 22.4. The minimum absolute atomic E-state index is 0.180. The molecule has 174 valence electrons. The van der Waals surface area contributed by atoms with Crippen molar-refractivity contribution < 1.29 is 18.6 Å². The van der Waals surface area contributed by atoms with Crippen molar-refractivity contribution >= 4 is 6.08 Å². The first-order chi connectivity index (χ1) is 15.7. The summed E-state index contributed by atoms with van der Waals surface area (Å²) < 4.78 is 24.5. The van der Waals surface area contributed by atoms with E-state index >= 15 is 0 Å². The van der Waals surface area contributed by atoms with Crippen LogP contribution in [0.3, 0.4) is 0 Å². The highest BCUT2D eigenvalue weighted by Crippen LogP contribution is 2.16. The van der Waals surface area contributed by atoms with Crippen molar-refractivity contribution in [3.05, 3.63) is 70.6 Å². The summed E-state index contributed by atoms with van der Waals surface area (Å²) in [6.45, 7) is 4.55. The molecule has 0 N–H and O–H groups in total. The molecule has 0 bridgehead atoms. The first kappa shape index (κ1) is 24.1. The number of hydrogen-bond acceptors (Lipinski definition) is 5. The van der Waals surface area contributed by atoms with Gasteiger partial charge in [0, 0.05) is 31.6 Å². The maximum atomic E-state index is 12.2. The standard InChI is InChI=1S/C26H35NO5/c1-2-3-4-6-11-22-13-15-27(19-22)14-8-5-9-16-29-25-21-31-23(18-24(25)28)20-32-26-12-7-10-17-30-26/h3-4,6,11,13,15,18-19,21,26H,2,5,7-10,12,14,16-17,20H2,1H3/b4-3-,11-6-. The topological polar surface area (TPSA) is 62.8 Å². The summed E-state index contributed by atoms with van der Waals surface area (Å²) in [4.78, 5) is 12.2. The fourth-order valence-electron chi connectivity index (χ4n) is 3.47. The van der Waals surface area contributed by atoms with Crippen LogP contribution in [-0.4, -0.2) is 24.1 Å². The Hall–Kier alpha value is -2.57. The van der Waals surface area contributed by atoms with Crippen molar-refractivity contribution in [1.29, 1.82) is 0 Å². The van der Waals surface area contributed by atoms with Gasteiger partial charge in [-0.2, -0.15) is 0 Å². The molecule has 2 aromatic rings. The molecule has 0 aromatic carbocycles. The van der Waals surface area contributed by atoms with Gasteiger partial charge in [-0.05, 0) is 56.6 Å². The monoisotopic (exact) mass is 441 g/mol. The lowest BCUT2D eigenvalue weighted by Gasteiger charge is -2.22. The molecule has 1 saturated heterocycles. The maximum absolute atomic E-state index is 12.2. The Balaban J connectivity index is 1.30. The summed E-state index contributed by atoms with van der Waals surface area (Å²) in [5, 5.41) is 0. The van der Waals surface area contributed by atoms with E-state index in [-0.39, 0.29) is 24.1 Å². The summed E-state index contributed by atoms with van der Waals surface area (Å²) in [5.74, 6) is 0.737. The number of rotatable bonds is 13. The van der Waals surface area contributed by atoms with Gasteiger partial charge in [0.15, 0.2) is 6.29 Å². The van der Waals surface area contributed by atoms with Gasteiger partial charge in [0.25, 0.3) is 0 Å². The summed E-state index contributed by atoms with van der Waals surface area (Å²) in [5.41, 5.74) is 1.03. The number of nitrogens with zero attached hydrogens (tertiary/aromatic N) is 1. The van der Waals surface area contributed by atoms with Crippen LogP contribution in [0.5, 0.6) is 5.75 Å². The molecule has 1 fully saturated rings. The highest BCUT2D eigenvalue weighted by molar-refractivity contribution is 5.50. The number of aromatic nitrogens is 1. The van der Waals surface area contributed by atoms with Crippen LogP contribution in [0.4, 0.5) is 0 Å². The molecule has 0 radical (unpaired) electrons. The van der Waals surface area contributed by atoms with Crippen LogP contribution in [0.2, 0.25) is 0 Å². The minimum Gasteiger partial charge on any atom is -0.487 e. The summed E-state index contributed by atoms with van der Waals surface area (Å²) in [6, 6.07) is 3.56. The lowest BCUT2D eigenvalue weighted by atomic mass is 10.2. The van der Waals surface area contributed by atoms with Gasteiger partial charge in [-0.15, -0.1) is 0 Å². The molecule has 0 amide bonds. The Morgan fingerprint density at radius 3 is 2.97 bits per heavy atom. The Bertz CT molecular complexity index is 905. The number of unbranched alkanes of at least 4 members (excludes halogenated alkanes) is 2. The van der Waals surface area contributed by atoms with Gasteiger partial charge in [0.1, 0.15) is 18.6 Å². The lowest BCUT2D eigenvalue weighted by Crippen LogP contribution is -2.22. The summed E-state index contributed by atoms with van der Waals surface area (Å²) >= 11 is 0. The first-order valence-corrected chi connectivity index (χ1v) is 11.7. The van der Waals surface area contributed by atoms with Crippen LogP contribution >= 0.6 is 0 Å². The van der Waals surface area contributed by atoms with E-state index in [0.29, 0.717) is 12.4 Å². The quantitative estimate of drug-likeness (QED) is 0.294. The van der Waals surface area contributed by atoms with Gasteiger partial charge < -0.3 is 23.2 Å². The van der Waals surface area contributed by atoms with Crippen molar-refractivity contribution in [1.82, 2.24) is 4.57 Å². The van der Waals surface area contributed by atoms with E-state index in [9.17, 15) is 4.79 Å². The molecule has 3 heterocycles. The van der Waals surface area contributed by atoms with Gasteiger partial charge in [-0.25, -0.2) is 0 Å². The van der Waals surface area contributed by atoms with Crippen molar-refractivity contribution in [2.45, 2.75) is 71.3 Å². The Labute approximate surface area is 190 Å². The zero-order valence-electron chi connectivity index (χ0n) is 19.0. The molecular formula is C26H35NO5. The second-order valence-corrected chi connectivity index (χ2v) is 7.97. The molecule has 0 aliphatic carbocycles. The SMILES string of the molecule is CC/C=C\C=C/c1ccn(CCCCCOc2coc(COC3CCCCO3)cc2=O)c1. The van der Waals surface area contributed by atoms with E-state index < -0.39 is 0 Å². The number of allylic oxidation sites excluding steroid dienone is 3. The van der Waals surface area contributed by atoms with Crippen molar-refractivity contribution in [3.8, 4) is 5.75 Å². The molecule has 6 heteroatoms. The molecule has 6 nitrogen and oxygen atoms in total. The lowest BCUT2D eigenvalue weighted by molar-refractivity contribution is -0.171. The van der Waals surface area contributed by atoms with Crippen LogP contribution in [0.25, 0.3) is 6.08 Å². The Morgan fingerprint density at radius 2 is 2.16 bits per heavy atom. The highest BCUT2D eigenvalue weighted by atomic mass is 16.7. The average Bonchev–Trinajstić information content (AvgIpc) is 3.27. The normalized spacial score (nSPS) is 16.8. The Kier molecular flexibility index (Phi) is 10.4. The molecule has 0 saturated carbocycles. The predicted octanol–water partition coefficient (Wildman–Crippen LogP) is 5.71. The number of ether oxygens (including phenoxy) is 3.